The van der Waals surface area contributed by atoms with E-state index in [4.69, 9.17) is 20.0 Å². The van der Waals surface area contributed by atoms with Crippen LogP contribution in [0.3, 0.4) is 0 Å². The third-order valence-electron chi connectivity index (χ3n) is 2.84. The van der Waals surface area contributed by atoms with E-state index in [0.717, 1.165) is 0 Å². The molecule has 6 heteroatoms. The molecule has 0 N–H and O–H groups in total. The summed E-state index contributed by atoms with van der Waals surface area (Å²) in [5, 5.41) is 17.2. The standard InChI is InChI=1S/C16H19N3O3/c1-2-21-14-7-3-4-8-15(14)22-13-16(20)19(11-5-9-17)12-6-10-18/h3-4,7-8H,2,5-6,11-13H2,1H3. The van der Waals surface area contributed by atoms with Crippen LogP contribution in [0.4, 0.5) is 0 Å². The Morgan fingerprint density at radius 1 is 1.09 bits per heavy atom. The first-order valence-electron chi connectivity index (χ1n) is 7.09. The largest absolute Gasteiger partial charge is 0.490 e. The highest BCUT2D eigenvalue weighted by Crippen LogP contribution is 2.26. The Kier molecular flexibility index (Phi) is 7.92. The molecule has 116 valence electrons. The molecule has 1 rings (SSSR count). The minimum atomic E-state index is -0.253. The molecule has 0 fully saturated rings. The smallest absolute Gasteiger partial charge is 0.260 e. The zero-order valence-electron chi connectivity index (χ0n) is 12.6. The number of amides is 1. The molecule has 0 atom stereocenters. The van der Waals surface area contributed by atoms with Crippen molar-refractivity contribution in [3.05, 3.63) is 24.3 Å². The van der Waals surface area contributed by atoms with Crippen LogP contribution in [0.25, 0.3) is 0 Å². The summed E-state index contributed by atoms with van der Waals surface area (Å²) in [6.07, 6.45) is 0.458. The third-order valence-corrected chi connectivity index (χ3v) is 2.84. The first-order valence-corrected chi connectivity index (χ1v) is 7.09. The van der Waals surface area contributed by atoms with Gasteiger partial charge in [0.1, 0.15) is 0 Å². The van der Waals surface area contributed by atoms with Crippen LogP contribution in [-0.4, -0.2) is 37.1 Å². The minimum absolute atomic E-state index is 0.152. The molecule has 0 aliphatic heterocycles. The van der Waals surface area contributed by atoms with Crippen molar-refractivity contribution in [2.75, 3.05) is 26.3 Å². The van der Waals surface area contributed by atoms with Crippen molar-refractivity contribution in [3.63, 3.8) is 0 Å². The summed E-state index contributed by atoms with van der Waals surface area (Å²) < 4.78 is 10.9. The zero-order chi connectivity index (χ0) is 16.2. The van der Waals surface area contributed by atoms with Crippen LogP contribution in [0.1, 0.15) is 19.8 Å². The summed E-state index contributed by atoms with van der Waals surface area (Å²) in [6, 6.07) is 11.1. The predicted molar refractivity (Wildman–Crippen MR) is 80.1 cm³/mol. The van der Waals surface area contributed by atoms with Gasteiger partial charge in [0.05, 0.1) is 31.6 Å². The Labute approximate surface area is 130 Å². The van der Waals surface area contributed by atoms with Crippen molar-refractivity contribution < 1.29 is 14.3 Å². The van der Waals surface area contributed by atoms with Gasteiger partial charge in [0, 0.05) is 13.1 Å². The molecule has 0 aliphatic carbocycles. The maximum Gasteiger partial charge on any atom is 0.260 e. The average Bonchev–Trinajstić information content (AvgIpc) is 2.54. The van der Waals surface area contributed by atoms with Gasteiger partial charge in [0.2, 0.25) is 0 Å². The first kappa shape index (κ1) is 17.3. The zero-order valence-corrected chi connectivity index (χ0v) is 12.6. The first-order chi connectivity index (χ1) is 10.7. The van der Waals surface area contributed by atoms with Gasteiger partial charge < -0.3 is 14.4 Å². The number of ether oxygens (including phenoxy) is 2. The molecule has 0 aromatic heterocycles. The summed E-state index contributed by atoms with van der Waals surface area (Å²) in [7, 11) is 0. The lowest BCUT2D eigenvalue weighted by atomic mass is 10.3. The number of nitrogens with zero attached hydrogens (tertiary/aromatic N) is 3. The maximum atomic E-state index is 12.1. The Morgan fingerprint density at radius 3 is 2.14 bits per heavy atom. The molecule has 1 aromatic carbocycles. The van der Waals surface area contributed by atoms with E-state index in [0.29, 0.717) is 31.2 Å². The summed E-state index contributed by atoms with van der Waals surface area (Å²) in [6.45, 7) is 2.82. The monoisotopic (exact) mass is 301 g/mol. The Hall–Kier alpha value is -2.73. The van der Waals surface area contributed by atoms with Gasteiger partial charge in [0.15, 0.2) is 18.1 Å². The number of carbonyl (C=O) groups is 1. The van der Waals surface area contributed by atoms with Gasteiger partial charge in [-0.3, -0.25) is 4.79 Å². The van der Waals surface area contributed by atoms with E-state index in [1.165, 1.54) is 4.90 Å². The second-order valence-electron chi connectivity index (χ2n) is 4.37. The molecule has 0 bridgehead atoms. The molecule has 0 unspecified atom stereocenters. The van der Waals surface area contributed by atoms with E-state index in [1.807, 2.05) is 25.1 Å². The van der Waals surface area contributed by atoms with Crippen LogP contribution < -0.4 is 9.47 Å². The van der Waals surface area contributed by atoms with Crippen molar-refractivity contribution in [3.8, 4) is 23.6 Å². The molecule has 6 nitrogen and oxygen atoms in total. The third kappa shape index (κ3) is 5.72. The summed E-state index contributed by atoms with van der Waals surface area (Å²) >= 11 is 0. The van der Waals surface area contributed by atoms with E-state index in [-0.39, 0.29) is 25.4 Å². The highest BCUT2D eigenvalue weighted by Gasteiger charge is 2.14. The van der Waals surface area contributed by atoms with Gasteiger partial charge in [-0.15, -0.1) is 0 Å². The lowest BCUT2D eigenvalue weighted by Crippen LogP contribution is -2.36. The van der Waals surface area contributed by atoms with Gasteiger partial charge in [0.25, 0.3) is 5.91 Å². The Bertz CT molecular complexity index is 542. The quantitative estimate of drug-likeness (QED) is 0.697. The number of nitriles is 2. The normalized spacial score (nSPS) is 9.41. The Morgan fingerprint density at radius 2 is 1.64 bits per heavy atom. The van der Waals surface area contributed by atoms with Crippen molar-refractivity contribution in [2.24, 2.45) is 0 Å². The van der Waals surface area contributed by atoms with Crippen LogP contribution in [0, 0.1) is 22.7 Å². The molecule has 22 heavy (non-hydrogen) atoms. The fourth-order valence-corrected chi connectivity index (χ4v) is 1.81. The van der Waals surface area contributed by atoms with Gasteiger partial charge in [-0.2, -0.15) is 10.5 Å². The van der Waals surface area contributed by atoms with E-state index in [9.17, 15) is 4.79 Å². The summed E-state index contributed by atoms with van der Waals surface area (Å²) in [4.78, 5) is 13.6. The lowest BCUT2D eigenvalue weighted by molar-refractivity contribution is -0.133. The number of para-hydroxylation sites is 2. The van der Waals surface area contributed by atoms with Crippen LogP contribution in [0.5, 0.6) is 11.5 Å². The molecule has 0 saturated carbocycles. The number of hydrogen-bond donors (Lipinski definition) is 0. The molecule has 0 heterocycles. The molecule has 1 aromatic rings. The number of rotatable bonds is 9. The second kappa shape index (κ2) is 10.1. The van der Waals surface area contributed by atoms with Crippen molar-refractivity contribution in [1.29, 1.82) is 10.5 Å². The molecule has 0 saturated heterocycles. The predicted octanol–water partition coefficient (Wildman–Crippen LogP) is 2.12. The average molecular weight is 301 g/mol. The molecular weight excluding hydrogens is 282 g/mol. The van der Waals surface area contributed by atoms with Gasteiger partial charge >= 0.3 is 0 Å². The molecular formula is C16H19N3O3. The van der Waals surface area contributed by atoms with Gasteiger partial charge in [-0.05, 0) is 19.1 Å². The molecule has 1 amide bonds. The topological polar surface area (TPSA) is 86.3 Å². The highest BCUT2D eigenvalue weighted by atomic mass is 16.5. The lowest BCUT2D eigenvalue weighted by Gasteiger charge is -2.20. The number of carbonyl (C=O) groups excluding carboxylic acids is 1. The molecule has 0 radical (unpaired) electrons. The van der Waals surface area contributed by atoms with Crippen LogP contribution in [0.2, 0.25) is 0 Å². The maximum absolute atomic E-state index is 12.1. The van der Waals surface area contributed by atoms with Gasteiger partial charge in [-0.1, -0.05) is 12.1 Å². The number of hydrogen-bond acceptors (Lipinski definition) is 5. The van der Waals surface area contributed by atoms with E-state index < -0.39 is 0 Å². The van der Waals surface area contributed by atoms with Crippen molar-refractivity contribution in [1.82, 2.24) is 4.90 Å². The second-order valence-corrected chi connectivity index (χ2v) is 4.37. The molecule has 0 aliphatic rings. The van der Waals surface area contributed by atoms with Crippen LogP contribution >= 0.6 is 0 Å². The summed E-state index contributed by atoms with van der Waals surface area (Å²) in [5.74, 6) is 0.827. The van der Waals surface area contributed by atoms with Crippen molar-refractivity contribution in [2.45, 2.75) is 19.8 Å². The van der Waals surface area contributed by atoms with E-state index >= 15 is 0 Å². The SMILES string of the molecule is CCOc1ccccc1OCC(=O)N(CCC#N)CCC#N. The Balaban J connectivity index is 2.62. The van der Waals surface area contributed by atoms with E-state index in [2.05, 4.69) is 0 Å². The van der Waals surface area contributed by atoms with E-state index in [1.54, 1.807) is 18.2 Å². The summed E-state index contributed by atoms with van der Waals surface area (Å²) in [5.41, 5.74) is 0. The fourth-order valence-electron chi connectivity index (χ4n) is 1.81. The van der Waals surface area contributed by atoms with Gasteiger partial charge in [-0.25, -0.2) is 0 Å². The van der Waals surface area contributed by atoms with Crippen LogP contribution in [-0.2, 0) is 4.79 Å². The minimum Gasteiger partial charge on any atom is -0.490 e. The van der Waals surface area contributed by atoms with Crippen molar-refractivity contribution >= 4 is 5.91 Å². The van der Waals surface area contributed by atoms with Crippen LogP contribution in [0.15, 0.2) is 24.3 Å². The highest BCUT2D eigenvalue weighted by molar-refractivity contribution is 5.77. The number of benzene rings is 1. The molecule has 0 spiro atoms. The fraction of sp³-hybridized carbons (Fsp3) is 0.438.